The van der Waals surface area contributed by atoms with Gasteiger partial charge in [-0.3, -0.25) is 14.9 Å². The van der Waals surface area contributed by atoms with Crippen molar-refractivity contribution < 1.29 is 28.1 Å². The maximum absolute atomic E-state index is 13.5. The molecule has 0 spiro atoms. The van der Waals surface area contributed by atoms with Gasteiger partial charge in [0.2, 0.25) is 0 Å². The fraction of sp³-hybridized carbons (Fsp3) is 0.409. The van der Waals surface area contributed by atoms with E-state index in [1.54, 1.807) is 37.3 Å². The molecule has 2 rings (SSSR count). The third-order valence-corrected chi connectivity index (χ3v) is 6.25. The van der Waals surface area contributed by atoms with Gasteiger partial charge in [-0.1, -0.05) is 45.9 Å². The number of ether oxygens (including phenoxy) is 1. The Morgan fingerprint density at radius 1 is 1.03 bits per heavy atom. The molecule has 1 unspecified atom stereocenters. The molecule has 8 nitrogen and oxygen atoms in total. The molecule has 0 bridgehead atoms. The number of non-ortho nitro benzene ring substituents is 1. The smallest absolute Gasteiger partial charge is 0.431 e. The second kappa shape index (κ2) is 10.4. The molecule has 0 heterocycles. The Morgan fingerprint density at radius 3 is 2.10 bits per heavy atom. The van der Waals surface area contributed by atoms with Crippen LogP contribution in [-0.4, -0.2) is 23.7 Å². The minimum atomic E-state index is -3.85. The molecule has 0 saturated heterocycles. The molecule has 0 aliphatic carbocycles. The topological polar surface area (TPSA) is 105 Å². The number of para-hydroxylation sites is 1. The van der Waals surface area contributed by atoms with Gasteiger partial charge < -0.3 is 13.8 Å². The van der Waals surface area contributed by atoms with Gasteiger partial charge in [-0.05, 0) is 36.1 Å². The lowest BCUT2D eigenvalue weighted by Gasteiger charge is -2.23. The van der Waals surface area contributed by atoms with E-state index in [0.29, 0.717) is 12.2 Å². The summed E-state index contributed by atoms with van der Waals surface area (Å²) in [6.45, 7) is 8.00. The second-order valence-electron chi connectivity index (χ2n) is 8.42. The third-order valence-electron chi connectivity index (χ3n) is 4.28. The van der Waals surface area contributed by atoms with Crippen LogP contribution in [0, 0.1) is 21.4 Å². The van der Waals surface area contributed by atoms with E-state index in [1.807, 2.05) is 20.8 Å². The van der Waals surface area contributed by atoms with Gasteiger partial charge in [0, 0.05) is 12.1 Å². The van der Waals surface area contributed by atoms with E-state index < -0.39 is 24.4 Å². The van der Waals surface area contributed by atoms with Crippen LogP contribution in [0.3, 0.4) is 0 Å². The minimum Gasteiger partial charge on any atom is -0.465 e. The van der Waals surface area contributed by atoms with Crippen LogP contribution in [0.2, 0.25) is 0 Å². The van der Waals surface area contributed by atoms with Crippen molar-refractivity contribution in [3.05, 3.63) is 64.7 Å². The van der Waals surface area contributed by atoms with E-state index >= 15 is 0 Å². The summed E-state index contributed by atoms with van der Waals surface area (Å²) in [5.74, 6) is -0.778. The predicted octanol–water partition coefficient (Wildman–Crippen LogP) is 5.86. The Hall–Kier alpha value is -2.86. The molecule has 0 amide bonds. The van der Waals surface area contributed by atoms with Crippen LogP contribution in [0.1, 0.15) is 34.1 Å². The Balaban J connectivity index is 2.14. The third kappa shape index (κ3) is 8.42. The highest BCUT2D eigenvalue weighted by Crippen LogP contribution is 2.50. The largest absolute Gasteiger partial charge is 0.465 e. The van der Waals surface area contributed by atoms with Gasteiger partial charge in [0.25, 0.3) is 5.69 Å². The number of nitrogens with zero attached hydrogens (tertiary/aromatic N) is 1. The maximum Gasteiger partial charge on any atom is 0.431 e. The van der Waals surface area contributed by atoms with E-state index in [4.69, 9.17) is 13.8 Å². The van der Waals surface area contributed by atoms with Gasteiger partial charge in [0.1, 0.15) is 11.5 Å². The van der Waals surface area contributed by atoms with Crippen molar-refractivity contribution in [1.29, 1.82) is 0 Å². The van der Waals surface area contributed by atoms with Crippen molar-refractivity contribution in [2.75, 3.05) is 12.8 Å². The molecule has 0 radical (unpaired) electrons. The number of benzene rings is 2. The number of carbonyl (C=O) groups excluding carboxylic acids is 1. The highest BCUT2D eigenvalue weighted by molar-refractivity contribution is 7.54. The van der Waals surface area contributed by atoms with Crippen LogP contribution in [0.5, 0.6) is 11.5 Å². The Bertz CT molecular complexity index is 923. The fourth-order valence-corrected chi connectivity index (χ4v) is 4.43. The average molecular weight is 449 g/mol. The van der Waals surface area contributed by atoms with Crippen molar-refractivity contribution >= 4 is 19.3 Å². The average Bonchev–Trinajstić information content (AvgIpc) is 2.67. The molecule has 0 aliphatic rings. The Morgan fingerprint density at radius 2 is 1.58 bits per heavy atom. The first-order valence-corrected chi connectivity index (χ1v) is 11.6. The first kappa shape index (κ1) is 24.4. The lowest BCUT2D eigenvalue weighted by molar-refractivity contribution is -0.384. The van der Waals surface area contributed by atoms with Gasteiger partial charge in [-0.15, -0.1) is 0 Å². The maximum atomic E-state index is 13.5. The van der Waals surface area contributed by atoms with Crippen LogP contribution < -0.4 is 9.05 Å². The van der Waals surface area contributed by atoms with Crippen LogP contribution in [0.25, 0.3) is 0 Å². The van der Waals surface area contributed by atoms with Crippen LogP contribution in [0.4, 0.5) is 5.69 Å². The van der Waals surface area contributed by atoms with Gasteiger partial charge in [-0.2, -0.15) is 0 Å². The van der Waals surface area contributed by atoms with E-state index in [1.165, 1.54) is 24.3 Å². The monoisotopic (exact) mass is 449 g/mol. The van der Waals surface area contributed by atoms with Crippen LogP contribution in [-0.2, 0) is 14.1 Å². The Labute approximate surface area is 182 Å². The number of carbonyl (C=O) groups is 1. The molecular weight excluding hydrogens is 421 g/mol. The second-order valence-corrected chi connectivity index (χ2v) is 10.4. The summed E-state index contributed by atoms with van der Waals surface area (Å²) in [6.07, 6.45) is 0.482. The molecule has 0 N–H and O–H groups in total. The van der Waals surface area contributed by atoms with E-state index in [9.17, 15) is 19.5 Å². The number of rotatable bonds is 10. The first-order chi connectivity index (χ1) is 14.5. The summed E-state index contributed by atoms with van der Waals surface area (Å²) in [5, 5.41) is 10.8. The summed E-state index contributed by atoms with van der Waals surface area (Å²) < 4.78 is 30.1. The number of hydrogen-bond donors (Lipinski definition) is 0. The van der Waals surface area contributed by atoms with Crippen molar-refractivity contribution in [3.63, 3.8) is 0 Å². The summed E-state index contributed by atoms with van der Waals surface area (Å²) in [4.78, 5) is 22.7. The summed E-state index contributed by atoms with van der Waals surface area (Å²) in [5.41, 5.74) is -0.101. The lowest BCUT2D eigenvalue weighted by Crippen LogP contribution is -2.22. The molecule has 31 heavy (non-hydrogen) atoms. The van der Waals surface area contributed by atoms with Crippen molar-refractivity contribution in [3.8, 4) is 11.5 Å². The Kier molecular flexibility index (Phi) is 8.22. The quantitative estimate of drug-likeness (QED) is 0.194. The zero-order valence-electron chi connectivity index (χ0n) is 18.1. The van der Waals surface area contributed by atoms with Gasteiger partial charge >= 0.3 is 13.6 Å². The van der Waals surface area contributed by atoms with Crippen molar-refractivity contribution in [2.45, 2.75) is 34.1 Å². The highest BCUT2D eigenvalue weighted by atomic mass is 31.2. The minimum absolute atomic E-state index is 0.0221. The van der Waals surface area contributed by atoms with Crippen LogP contribution >= 0.6 is 7.60 Å². The molecule has 9 heteroatoms. The molecule has 2 aromatic rings. The SMILES string of the molecule is C[C@H](CP(=O)(Oc1ccccc1)Oc1ccc([N+](=O)[O-])cc1)C(=O)OCCC(C)(C)C. The molecule has 2 aromatic carbocycles. The number of hydrogen-bond acceptors (Lipinski definition) is 7. The molecule has 0 fully saturated rings. The van der Waals surface area contributed by atoms with E-state index in [0.717, 1.165) is 0 Å². The molecule has 168 valence electrons. The van der Waals surface area contributed by atoms with Crippen LogP contribution in [0.15, 0.2) is 54.6 Å². The summed E-state index contributed by atoms with van der Waals surface area (Å²) >= 11 is 0. The fourth-order valence-electron chi connectivity index (χ4n) is 2.53. The molecular formula is C22H28NO7P. The molecule has 2 atom stereocenters. The standard InChI is InChI=1S/C22H28NO7P/c1-17(21(24)28-15-14-22(2,3)4)16-31(27,29-19-8-6-5-7-9-19)30-20-12-10-18(11-13-20)23(25)26/h5-13,17H,14-16H2,1-4H3/t17-,31?/m1/s1. The molecule has 0 aromatic heterocycles. The summed E-state index contributed by atoms with van der Waals surface area (Å²) in [6, 6.07) is 13.6. The van der Waals surface area contributed by atoms with Gasteiger partial charge in [-0.25, -0.2) is 4.57 Å². The lowest BCUT2D eigenvalue weighted by atomic mass is 9.93. The number of nitro benzene ring substituents is 1. The number of nitro groups is 1. The molecule has 0 aliphatic heterocycles. The van der Waals surface area contributed by atoms with Crippen molar-refractivity contribution in [2.24, 2.45) is 11.3 Å². The van der Waals surface area contributed by atoms with Gasteiger partial charge in [0.15, 0.2) is 0 Å². The zero-order valence-corrected chi connectivity index (χ0v) is 19.0. The van der Waals surface area contributed by atoms with E-state index in [2.05, 4.69) is 0 Å². The summed E-state index contributed by atoms with van der Waals surface area (Å²) in [7, 11) is -3.85. The predicted molar refractivity (Wildman–Crippen MR) is 117 cm³/mol. The first-order valence-electron chi connectivity index (χ1n) is 9.92. The van der Waals surface area contributed by atoms with E-state index in [-0.39, 0.29) is 29.6 Å². The zero-order chi connectivity index (χ0) is 23.1. The highest BCUT2D eigenvalue weighted by Gasteiger charge is 2.34. The normalized spacial score (nSPS) is 14.2. The van der Waals surface area contributed by atoms with Crippen molar-refractivity contribution in [1.82, 2.24) is 0 Å². The molecule has 0 saturated carbocycles. The van der Waals surface area contributed by atoms with Gasteiger partial charge in [0.05, 0.1) is 23.6 Å². The number of esters is 1.